The van der Waals surface area contributed by atoms with Crippen LogP contribution in [-0.2, 0) is 0 Å². The maximum atomic E-state index is 5.79. The average molecular weight is 319 g/mol. The van der Waals surface area contributed by atoms with E-state index >= 15 is 0 Å². The topological polar surface area (TPSA) is 64.3 Å². The molecule has 0 bridgehead atoms. The summed E-state index contributed by atoms with van der Waals surface area (Å²) in [7, 11) is 0. The van der Waals surface area contributed by atoms with E-state index in [9.17, 15) is 0 Å². The molecule has 2 rings (SSSR count). The first kappa shape index (κ1) is 17.3. The fourth-order valence-corrected chi connectivity index (χ4v) is 2.70. The average Bonchev–Trinajstić information content (AvgIpc) is 2.47. The van der Waals surface area contributed by atoms with E-state index in [4.69, 9.17) is 10.5 Å². The molecule has 0 amide bonds. The number of ether oxygens (including phenoxy) is 1. The van der Waals surface area contributed by atoms with E-state index in [1.54, 1.807) is 0 Å². The summed E-state index contributed by atoms with van der Waals surface area (Å²) in [5.74, 6) is 2.18. The predicted molar refractivity (Wildman–Crippen MR) is 86.2 cm³/mol. The Hall–Kier alpha value is -0.720. The molecule has 1 aromatic rings. The molecule has 0 aliphatic carbocycles. The van der Waals surface area contributed by atoms with Crippen molar-refractivity contribution in [1.29, 1.82) is 0 Å². The highest BCUT2D eigenvalue weighted by Crippen LogP contribution is 2.25. The number of hydrogen-bond acceptors (Lipinski definition) is 6. The molecule has 1 aromatic heterocycles. The fourth-order valence-electron chi connectivity index (χ4n) is 2.33. The highest BCUT2D eigenvalue weighted by Gasteiger charge is 2.21. The molecule has 0 aromatic carbocycles. The highest BCUT2D eigenvalue weighted by molar-refractivity contribution is 7.98. The Morgan fingerprint density at radius 1 is 1.50 bits per heavy atom. The van der Waals surface area contributed by atoms with E-state index in [1.165, 1.54) is 24.6 Å². The zero-order valence-corrected chi connectivity index (χ0v) is 13.7. The first-order valence-corrected chi connectivity index (χ1v) is 8.00. The third kappa shape index (κ3) is 4.40. The standard InChI is InChI=1S/C13H22N4OS.ClH/c1-3-18-12-7-11(15-13(16-12)19-2)17-6-4-5-10(8-14)9-17;/h7,10H,3-6,8-9,14H2,1-2H3;1H. The van der Waals surface area contributed by atoms with Crippen molar-refractivity contribution < 1.29 is 4.74 Å². The molecule has 5 nitrogen and oxygen atoms in total. The molecular weight excluding hydrogens is 296 g/mol. The van der Waals surface area contributed by atoms with Gasteiger partial charge in [-0.2, -0.15) is 4.98 Å². The minimum absolute atomic E-state index is 0. The summed E-state index contributed by atoms with van der Waals surface area (Å²) in [6.45, 7) is 5.34. The van der Waals surface area contributed by atoms with Gasteiger partial charge in [-0.25, -0.2) is 4.98 Å². The lowest BCUT2D eigenvalue weighted by Gasteiger charge is -2.33. The van der Waals surface area contributed by atoms with Crippen LogP contribution in [0.25, 0.3) is 0 Å². The van der Waals surface area contributed by atoms with Gasteiger partial charge in [0.15, 0.2) is 5.16 Å². The van der Waals surface area contributed by atoms with E-state index in [0.717, 1.165) is 30.6 Å². The molecule has 1 atom stereocenters. The molecule has 1 aliphatic heterocycles. The van der Waals surface area contributed by atoms with Crippen molar-refractivity contribution in [3.63, 3.8) is 0 Å². The number of piperidine rings is 1. The van der Waals surface area contributed by atoms with Crippen molar-refractivity contribution in [2.24, 2.45) is 11.7 Å². The van der Waals surface area contributed by atoms with Gasteiger partial charge in [-0.3, -0.25) is 0 Å². The van der Waals surface area contributed by atoms with Gasteiger partial charge in [0.25, 0.3) is 0 Å². The minimum Gasteiger partial charge on any atom is -0.478 e. The number of thioether (sulfide) groups is 1. The molecule has 0 radical (unpaired) electrons. The lowest BCUT2D eigenvalue weighted by atomic mass is 9.98. The first-order valence-electron chi connectivity index (χ1n) is 6.77. The Morgan fingerprint density at radius 3 is 2.95 bits per heavy atom. The minimum atomic E-state index is 0. The largest absolute Gasteiger partial charge is 0.478 e. The maximum absolute atomic E-state index is 5.79. The van der Waals surface area contributed by atoms with Crippen LogP contribution in [0.1, 0.15) is 19.8 Å². The van der Waals surface area contributed by atoms with Crippen LogP contribution in [0.3, 0.4) is 0 Å². The summed E-state index contributed by atoms with van der Waals surface area (Å²) < 4.78 is 5.52. The SMILES string of the molecule is CCOc1cc(N2CCCC(CN)C2)nc(SC)n1.Cl. The number of anilines is 1. The Bertz CT molecular complexity index is 421. The van der Waals surface area contributed by atoms with Crippen LogP contribution in [0.5, 0.6) is 5.88 Å². The van der Waals surface area contributed by atoms with Gasteiger partial charge >= 0.3 is 0 Å². The summed E-state index contributed by atoms with van der Waals surface area (Å²) in [5, 5.41) is 0.760. The Morgan fingerprint density at radius 2 is 2.30 bits per heavy atom. The molecule has 2 heterocycles. The lowest BCUT2D eigenvalue weighted by Crippen LogP contribution is -2.38. The molecule has 0 spiro atoms. The van der Waals surface area contributed by atoms with Crippen molar-refractivity contribution in [3.05, 3.63) is 6.07 Å². The number of hydrogen-bond donors (Lipinski definition) is 1. The van der Waals surface area contributed by atoms with Gasteiger partial charge in [0, 0.05) is 19.2 Å². The first-order chi connectivity index (χ1) is 9.26. The second-order valence-electron chi connectivity index (χ2n) is 4.67. The van der Waals surface area contributed by atoms with Crippen molar-refractivity contribution in [3.8, 4) is 5.88 Å². The van der Waals surface area contributed by atoms with Crippen LogP contribution >= 0.6 is 24.2 Å². The Kier molecular flexibility index (Phi) is 7.40. The van der Waals surface area contributed by atoms with E-state index < -0.39 is 0 Å². The quantitative estimate of drug-likeness (QED) is 0.663. The van der Waals surface area contributed by atoms with E-state index in [2.05, 4.69) is 14.9 Å². The van der Waals surface area contributed by atoms with E-state index in [-0.39, 0.29) is 12.4 Å². The summed E-state index contributed by atoms with van der Waals surface area (Å²) in [6.07, 6.45) is 4.37. The van der Waals surface area contributed by atoms with Gasteiger partial charge in [0.05, 0.1) is 6.61 Å². The molecule has 0 saturated carbocycles. The van der Waals surface area contributed by atoms with Crippen LogP contribution in [0, 0.1) is 5.92 Å². The zero-order chi connectivity index (χ0) is 13.7. The molecule has 1 fully saturated rings. The van der Waals surface area contributed by atoms with Crippen LogP contribution in [-0.4, -0.2) is 42.5 Å². The summed E-state index contributed by atoms with van der Waals surface area (Å²) in [5.41, 5.74) is 5.79. The molecule has 1 saturated heterocycles. The zero-order valence-electron chi connectivity index (χ0n) is 12.0. The van der Waals surface area contributed by atoms with E-state index in [1.807, 2.05) is 19.2 Å². The molecule has 20 heavy (non-hydrogen) atoms. The second kappa shape index (κ2) is 8.54. The van der Waals surface area contributed by atoms with Gasteiger partial charge in [-0.15, -0.1) is 12.4 Å². The molecular formula is C13H23ClN4OS. The molecule has 1 aliphatic rings. The number of nitrogens with zero attached hydrogens (tertiary/aromatic N) is 3. The normalized spacial score (nSPS) is 18.6. The van der Waals surface area contributed by atoms with Crippen LogP contribution < -0.4 is 15.4 Å². The van der Waals surface area contributed by atoms with Crippen LogP contribution in [0.15, 0.2) is 11.2 Å². The van der Waals surface area contributed by atoms with Gasteiger partial charge in [0.1, 0.15) is 5.82 Å². The molecule has 2 N–H and O–H groups in total. The van der Waals surface area contributed by atoms with Gasteiger partial charge < -0.3 is 15.4 Å². The fraction of sp³-hybridized carbons (Fsp3) is 0.692. The third-order valence-electron chi connectivity index (χ3n) is 3.32. The van der Waals surface area contributed by atoms with Gasteiger partial charge in [-0.1, -0.05) is 11.8 Å². The molecule has 1 unspecified atom stereocenters. The summed E-state index contributed by atoms with van der Waals surface area (Å²) in [4.78, 5) is 11.2. The lowest BCUT2D eigenvalue weighted by molar-refractivity contribution is 0.322. The maximum Gasteiger partial charge on any atom is 0.219 e. The Labute approximate surface area is 131 Å². The predicted octanol–water partition coefficient (Wildman–Crippen LogP) is 2.19. The number of rotatable bonds is 5. The van der Waals surface area contributed by atoms with Crippen LogP contribution in [0.4, 0.5) is 5.82 Å². The van der Waals surface area contributed by atoms with Crippen molar-refractivity contribution in [2.75, 3.05) is 37.4 Å². The molecule has 7 heteroatoms. The van der Waals surface area contributed by atoms with Crippen molar-refractivity contribution in [2.45, 2.75) is 24.9 Å². The van der Waals surface area contributed by atoms with Gasteiger partial charge in [-0.05, 0) is 38.5 Å². The summed E-state index contributed by atoms with van der Waals surface area (Å²) >= 11 is 1.54. The van der Waals surface area contributed by atoms with Crippen LogP contribution in [0.2, 0.25) is 0 Å². The van der Waals surface area contributed by atoms with Crippen molar-refractivity contribution in [1.82, 2.24) is 9.97 Å². The number of aromatic nitrogens is 2. The van der Waals surface area contributed by atoms with Gasteiger partial charge in [0.2, 0.25) is 5.88 Å². The monoisotopic (exact) mass is 318 g/mol. The third-order valence-corrected chi connectivity index (χ3v) is 3.87. The number of nitrogens with two attached hydrogens (primary N) is 1. The van der Waals surface area contributed by atoms with Crippen molar-refractivity contribution >= 4 is 30.0 Å². The Balaban J connectivity index is 0.00000200. The summed E-state index contributed by atoms with van der Waals surface area (Å²) in [6, 6.07) is 1.93. The smallest absolute Gasteiger partial charge is 0.219 e. The second-order valence-corrected chi connectivity index (χ2v) is 5.45. The number of halogens is 1. The molecule has 114 valence electrons. The highest BCUT2D eigenvalue weighted by atomic mass is 35.5. The van der Waals surface area contributed by atoms with E-state index in [0.29, 0.717) is 18.4 Å².